The Morgan fingerprint density at radius 2 is 2.10 bits per heavy atom. The summed E-state index contributed by atoms with van der Waals surface area (Å²) in [5, 5.41) is 11.5. The number of aryl methyl sites for hydroxylation is 2. The number of hydrogen-bond acceptors (Lipinski definition) is 3. The molecule has 0 saturated heterocycles. The van der Waals surface area contributed by atoms with Crippen molar-refractivity contribution in [1.82, 2.24) is 4.98 Å². The van der Waals surface area contributed by atoms with E-state index in [-0.39, 0.29) is 12.5 Å². The van der Waals surface area contributed by atoms with Crippen LogP contribution >= 0.6 is 0 Å². The van der Waals surface area contributed by atoms with E-state index < -0.39 is 0 Å². The average molecular weight is 280 g/mol. The number of benzene rings is 1. The fraction of sp³-hybridized carbons (Fsp3) is 0.176. The van der Waals surface area contributed by atoms with Gasteiger partial charge in [-0.2, -0.15) is 0 Å². The monoisotopic (exact) mass is 280 g/mol. The van der Waals surface area contributed by atoms with Crippen LogP contribution in [0.2, 0.25) is 0 Å². The average Bonchev–Trinajstić information content (AvgIpc) is 2.44. The molecule has 1 aromatic carbocycles. The molecule has 4 nitrogen and oxygen atoms in total. The molecule has 4 heteroatoms. The van der Waals surface area contributed by atoms with E-state index >= 15 is 0 Å². The molecule has 21 heavy (non-hydrogen) atoms. The first-order valence-electron chi connectivity index (χ1n) is 6.55. The van der Waals surface area contributed by atoms with Gasteiger partial charge < -0.3 is 10.4 Å². The highest BCUT2D eigenvalue weighted by molar-refractivity contribution is 6.04. The molecule has 0 saturated carbocycles. The molecule has 0 radical (unpaired) electrons. The molecule has 0 bridgehead atoms. The van der Waals surface area contributed by atoms with Crippen molar-refractivity contribution in [3.05, 3.63) is 58.8 Å². The Bertz CT molecular complexity index is 707. The standard InChI is InChI=1S/C17H16N2O2/c1-12-9-13(2)18-16(10-12)19-17(21)15-7-3-5-14(11-15)6-4-8-20/h3,5,7,9-11,20H,8H2,1-2H3,(H,18,19,21). The Hall–Kier alpha value is -2.64. The molecule has 1 aromatic heterocycles. The van der Waals surface area contributed by atoms with Crippen molar-refractivity contribution >= 4 is 11.7 Å². The third kappa shape index (κ3) is 4.16. The SMILES string of the molecule is Cc1cc(C)nc(NC(=O)c2cccc(C#CCO)c2)c1. The first-order chi connectivity index (χ1) is 10.1. The van der Waals surface area contributed by atoms with E-state index in [0.717, 1.165) is 11.3 Å². The molecule has 0 unspecified atom stereocenters. The lowest BCUT2D eigenvalue weighted by Crippen LogP contribution is -2.13. The normalized spacial score (nSPS) is 9.67. The number of pyridine rings is 1. The van der Waals surface area contributed by atoms with E-state index in [1.165, 1.54) is 0 Å². The van der Waals surface area contributed by atoms with Crippen LogP contribution < -0.4 is 5.32 Å². The summed E-state index contributed by atoms with van der Waals surface area (Å²) < 4.78 is 0. The number of rotatable bonds is 2. The molecule has 0 aliphatic carbocycles. The molecule has 0 aliphatic rings. The number of hydrogen-bond donors (Lipinski definition) is 2. The van der Waals surface area contributed by atoms with Crippen LogP contribution in [0.1, 0.15) is 27.2 Å². The van der Waals surface area contributed by atoms with Crippen LogP contribution in [0.5, 0.6) is 0 Å². The molecule has 1 amide bonds. The number of nitrogens with zero attached hydrogens (tertiary/aromatic N) is 1. The highest BCUT2D eigenvalue weighted by Crippen LogP contribution is 2.11. The number of amides is 1. The minimum absolute atomic E-state index is 0.205. The minimum Gasteiger partial charge on any atom is -0.384 e. The van der Waals surface area contributed by atoms with Gasteiger partial charge in [-0.05, 0) is 49.7 Å². The van der Waals surface area contributed by atoms with E-state index in [9.17, 15) is 4.79 Å². The number of aromatic nitrogens is 1. The molecule has 2 rings (SSSR count). The van der Waals surface area contributed by atoms with Crippen molar-refractivity contribution in [1.29, 1.82) is 0 Å². The molecule has 2 N–H and O–H groups in total. The van der Waals surface area contributed by atoms with Crippen LogP contribution in [0.15, 0.2) is 36.4 Å². The number of carbonyl (C=O) groups is 1. The number of anilines is 1. The fourth-order valence-corrected chi connectivity index (χ4v) is 1.97. The lowest BCUT2D eigenvalue weighted by atomic mass is 10.1. The van der Waals surface area contributed by atoms with Gasteiger partial charge in [-0.15, -0.1) is 0 Å². The van der Waals surface area contributed by atoms with Gasteiger partial charge in [-0.1, -0.05) is 17.9 Å². The van der Waals surface area contributed by atoms with Gasteiger partial charge in [0.1, 0.15) is 12.4 Å². The van der Waals surface area contributed by atoms with Crippen molar-refractivity contribution < 1.29 is 9.90 Å². The van der Waals surface area contributed by atoms with Crippen molar-refractivity contribution in [2.75, 3.05) is 11.9 Å². The highest BCUT2D eigenvalue weighted by atomic mass is 16.2. The molecule has 106 valence electrons. The van der Waals surface area contributed by atoms with Gasteiger partial charge in [-0.25, -0.2) is 4.98 Å². The van der Waals surface area contributed by atoms with Gasteiger partial charge in [0.15, 0.2) is 0 Å². The largest absolute Gasteiger partial charge is 0.384 e. The van der Waals surface area contributed by atoms with E-state index in [1.807, 2.05) is 26.0 Å². The number of aliphatic hydroxyl groups excluding tert-OH is 1. The second kappa shape index (κ2) is 6.69. The lowest BCUT2D eigenvalue weighted by molar-refractivity contribution is 0.102. The Labute approximate surface area is 123 Å². The first kappa shape index (κ1) is 14.8. The number of carbonyl (C=O) groups excluding carboxylic acids is 1. The zero-order valence-corrected chi connectivity index (χ0v) is 12.0. The Morgan fingerprint density at radius 1 is 1.29 bits per heavy atom. The van der Waals surface area contributed by atoms with Crippen molar-refractivity contribution in [2.24, 2.45) is 0 Å². The van der Waals surface area contributed by atoms with E-state index in [1.54, 1.807) is 24.3 Å². The third-order valence-corrected chi connectivity index (χ3v) is 2.78. The smallest absolute Gasteiger partial charge is 0.256 e. The highest BCUT2D eigenvalue weighted by Gasteiger charge is 2.07. The summed E-state index contributed by atoms with van der Waals surface area (Å²) in [6.45, 7) is 3.63. The second-order valence-corrected chi connectivity index (χ2v) is 4.67. The Morgan fingerprint density at radius 3 is 2.81 bits per heavy atom. The minimum atomic E-state index is -0.236. The maximum atomic E-state index is 12.2. The quantitative estimate of drug-likeness (QED) is 0.830. The van der Waals surface area contributed by atoms with Crippen molar-refractivity contribution in [3.8, 4) is 11.8 Å². The summed E-state index contributed by atoms with van der Waals surface area (Å²) in [7, 11) is 0. The zero-order valence-electron chi connectivity index (χ0n) is 12.0. The number of aliphatic hydroxyl groups is 1. The van der Waals surface area contributed by atoms with E-state index in [4.69, 9.17) is 5.11 Å². The van der Waals surface area contributed by atoms with Gasteiger partial charge in [-0.3, -0.25) is 4.79 Å². The van der Waals surface area contributed by atoms with Gasteiger partial charge in [0.05, 0.1) is 0 Å². The Balaban J connectivity index is 2.20. The third-order valence-electron chi connectivity index (χ3n) is 2.78. The lowest BCUT2D eigenvalue weighted by Gasteiger charge is -2.07. The predicted molar refractivity (Wildman–Crippen MR) is 82.1 cm³/mol. The topological polar surface area (TPSA) is 62.2 Å². The summed E-state index contributed by atoms with van der Waals surface area (Å²) in [5.41, 5.74) is 3.08. The summed E-state index contributed by atoms with van der Waals surface area (Å²) in [5.74, 6) is 5.63. The van der Waals surface area contributed by atoms with Gasteiger partial charge >= 0.3 is 0 Å². The van der Waals surface area contributed by atoms with Crippen LogP contribution in [0.3, 0.4) is 0 Å². The summed E-state index contributed by atoms with van der Waals surface area (Å²) in [4.78, 5) is 16.5. The molecular weight excluding hydrogens is 264 g/mol. The fourth-order valence-electron chi connectivity index (χ4n) is 1.97. The van der Waals surface area contributed by atoms with Crippen molar-refractivity contribution in [3.63, 3.8) is 0 Å². The van der Waals surface area contributed by atoms with E-state index in [2.05, 4.69) is 22.1 Å². The van der Waals surface area contributed by atoms with Crippen molar-refractivity contribution in [2.45, 2.75) is 13.8 Å². The Kier molecular flexibility index (Phi) is 4.70. The maximum Gasteiger partial charge on any atom is 0.256 e. The zero-order chi connectivity index (χ0) is 15.2. The summed E-state index contributed by atoms with van der Waals surface area (Å²) in [6, 6.07) is 10.7. The maximum absolute atomic E-state index is 12.2. The molecule has 0 atom stereocenters. The molecule has 2 aromatic rings. The van der Waals surface area contributed by atoms with Crippen LogP contribution in [-0.2, 0) is 0 Å². The van der Waals surface area contributed by atoms with Gasteiger partial charge in [0.25, 0.3) is 5.91 Å². The predicted octanol–water partition coefficient (Wildman–Crippen LogP) is 2.29. The van der Waals surface area contributed by atoms with Crippen LogP contribution in [-0.4, -0.2) is 22.6 Å². The molecule has 0 aliphatic heterocycles. The van der Waals surface area contributed by atoms with Crippen LogP contribution in [0, 0.1) is 25.7 Å². The van der Waals surface area contributed by atoms with E-state index in [0.29, 0.717) is 16.9 Å². The second-order valence-electron chi connectivity index (χ2n) is 4.67. The van der Waals surface area contributed by atoms with Gasteiger partial charge in [0.2, 0.25) is 0 Å². The number of nitrogens with one attached hydrogen (secondary N) is 1. The molecule has 0 spiro atoms. The molecule has 0 fully saturated rings. The van der Waals surface area contributed by atoms with Crippen LogP contribution in [0.4, 0.5) is 5.82 Å². The van der Waals surface area contributed by atoms with Gasteiger partial charge in [0, 0.05) is 16.8 Å². The summed E-state index contributed by atoms with van der Waals surface area (Å²) in [6.07, 6.45) is 0. The van der Waals surface area contributed by atoms with Crippen LogP contribution in [0.25, 0.3) is 0 Å². The first-order valence-corrected chi connectivity index (χ1v) is 6.55. The molecular formula is C17H16N2O2. The summed E-state index contributed by atoms with van der Waals surface area (Å²) >= 11 is 0. The molecule has 1 heterocycles.